The van der Waals surface area contributed by atoms with E-state index in [1.807, 2.05) is 133 Å². The van der Waals surface area contributed by atoms with Gasteiger partial charge in [-0.2, -0.15) is 0 Å². The van der Waals surface area contributed by atoms with Crippen LogP contribution in [0.25, 0.3) is 32.3 Å². The SMILES string of the molecule is CCCCOC(OCCCC)(C(=O)CC(=O)[O][Al]([O]C(=O)CC(=O)C(OCCCC)(OCCCC)c1cccc2ccccc12)[O]C(=O)CC(=O)C(OCCCC)(OCCCC)c1cccc2ccccc12)c1cccc2ccccc12. The fraction of sp³-hybridized carbons (Fsp3) is 0.455. The molecule has 6 aromatic carbocycles. The van der Waals surface area contributed by atoms with E-state index < -0.39 is 87.0 Å². The second kappa shape index (κ2) is 33.2. The van der Waals surface area contributed by atoms with Crippen molar-refractivity contribution in [2.45, 2.75) is 155 Å². The molecule has 0 saturated heterocycles. The molecular weight excluding hydrogens is 1060 g/mol. The highest BCUT2D eigenvalue weighted by Gasteiger charge is 2.54. The molecule has 0 aromatic heterocycles. The summed E-state index contributed by atoms with van der Waals surface area (Å²) in [7, 11) is 0. The molecule has 0 fully saturated rings. The number of hydrogen-bond donors (Lipinski definition) is 0. The zero-order chi connectivity index (χ0) is 58.8. The number of ketones is 3. The van der Waals surface area contributed by atoms with Crippen LogP contribution in [0.3, 0.4) is 0 Å². The van der Waals surface area contributed by atoms with Gasteiger partial charge in [0, 0.05) is 16.7 Å². The van der Waals surface area contributed by atoms with Gasteiger partial charge >= 0.3 is 15.1 Å². The lowest BCUT2D eigenvalue weighted by Crippen LogP contribution is -2.46. The molecule has 0 N–H and O–H groups in total. The first-order valence-corrected chi connectivity index (χ1v) is 30.7. The normalized spacial score (nSPS) is 11.9. The maximum absolute atomic E-state index is 15.0. The van der Waals surface area contributed by atoms with Crippen LogP contribution in [-0.2, 0) is 85.9 Å². The minimum absolute atomic E-state index is 0.0937. The van der Waals surface area contributed by atoms with Crippen LogP contribution in [0, 0.1) is 0 Å². The lowest BCUT2D eigenvalue weighted by Gasteiger charge is -2.34. The Morgan fingerprint density at radius 3 is 0.768 bits per heavy atom. The van der Waals surface area contributed by atoms with Gasteiger partial charge in [-0.05, 0) is 70.8 Å². The first-order chi connectivity index (χ1) is 39.9. The van der Waals surface area contributed by atoms with Gasteiger partial charge in [0.25, 0.3) is 35.3 Å². The van der Waals surface area contributed by atoms with Crippen molar-refractivity contribution in [3.8, 4) is 0 Å². The molecule has 0 spiro atoms. The third-order valence-corrected chi connectivity index (χ3v) is 15.3. The smallest absolute Gasteiger partial charge is 0.550 e. The average molecular weight is 1140 g/mol. The Balaban J connectivity index is 1.39. The zero-order valence-corrected chi connectivity index (χ0v) is 49.8. The monoisotopic (exact) mass is 1140 g/mol. The highest BCUT2D eigenvalue weighted by atomic mass is 27.3. The predicted octanol–water partition coefficient (Wildman–Crippen LogP) is 13.4. The van der Waals surface area contributed by atoms with E-state index in [0.717, 1.165) is 54.7 Å². The molecule has 6 rings (SSSR count). The number of ether oxygens (including phenoxy) is 6. The van der Waals surface area contributed by atoms with Crippen LogP contribution in [0.1, 0.15) is 155 Å². The lowest BCUT2D eigenvalue weighted by molar-refractivity contribution is -0.237. The molecule has 0 atom stereocenters. The standard InChI is InChI=1S/3C22H28O5.Al/c3*1-3-5-14-26-22(27-15-6-4-2,20(23)16-21(24)25)19-13-9-11-17-10-7-8-12-18(17)19;/h3*7-13H,3-6,14-16H2,1-2H3,(H,24,25);/q;;;+3/p-3. The van der Waals surface area contributed by atoms with Crippen LogP contribution in [0.15, 0.2) is 127 Å². The minimum Gasteiger partial charge on any atom is -0.550 e. The molecule has 15 nitrogen and oxygen atoms in total. The summed E-state index contributed by atoms with van der Waals surface area (Å²) in [5.41, 5.74) is 1.11. The fourth-order valence-corrected chi connectivity index (χ4v) is 10.5. The quantitative estimate of drug-likeness (QED) is 0.0153. The van der Waals surface area contributed by atoms with E-state index in [9.17, 15) is 14.4 Å². The Labute approximate surface area is 487 Å². The van der Waals surface area contributed by atoms with Crippen molar-refractivity contribution in [2.24, 2.45) is 0 Å². The summed E-state index contributed by atoms with van der Waals surface area (Å²) in [4.78, 5) is 88.6. The summed E-state index contributed by atoms with van der Waals surface area (Å²) in [5.74, 6) is -12.6. The minimum atomic E-state index is -4.50. The zero-order valence-electron chi connectivity index (χ0n) is 48.7. The number of carbonyl (C=O) groups is 6. The van der Waals surface area contributed by atoms with Crippen molar-refractivity contribution in [2.75, 3.05) is 39.6 Å². The molecule has 82 heavy (non-hydrogen) atoms. The van der Waals surface area contributed by atoms with Gasteiger partial charge in [0.2, 0.25) is 17.3 Å². The fourth-order valence-electron chi connectivity index (χ4n) is 9.49. The van der Waals surface area contributed by atoms with E-state index in [0.29, 0.717) is 71.4 Å². The van der Waals surface area contributed by atoms with Gasteiger partial charge in [-0.15, -0.1) is 0 Å². The molecule has 6 aromatic rings. The molecule has 0 saturated carbocycles. The summed E-state index contributed by atoms with van der Waals surface area (Å²) >= 11 is -4.50. The van der Waals surface area contributed by atoms with Crippen LogP contribution >= 0.6 is 0 Å². The molecule has 0 radical (unpaired) electrons. The molecule has 0 aliphatic heterocycles. The predicted molar refractivity (Wildman–Crippen MR) is 315 cm³/mol. The van der Waals surface area contributed by atoms with E-state index in [1.54, 1.807) is 36.4 Å². The van der Waals surface area contributed by atoms with Gasteiger partial charge in [0.05, 0.1) is 39.6 Å². The molecule has 0 unspecified atom stereocenters. The largest absolute Gasteiger partial charge is 1.20 e. The first-order valence-electron chi connectivity index (χ1n) is 29.3. The van der Waals surface area contributed by atoms with Crippen LogP contribution in [-0.4, -0.2) is 90.0 Å². The highest BCUT2D eigenvalue weighted by Crippen LogP contribution is 2.39. The number of rotatable bonds is 39. The summed E-state index contributed by atoms with van der Waals surface area (Å²) in [5, 5.41) is 4.33. The van der Waals surface area contributed by atoms with E-state index in [4.69, 9.17) is 39.8 Å². The van der Waals surface area contributed by atoms with Crippen molar-refractivity contribution in [1.29, 1.82) is 0 Å². The number of fused-ring (bicyclic) bond motifs is 3. The van der Waals surface area contributed by atoms with Gasteiger partial charge in [-0.1, -0.05) is 207 Å². The van der Waals surface area contributed by atoms with Crippen molar-refractivity contribution in [1.82, 2.24) is 0 Å². The highest BCUT2D eigenvalue weighted by molar-refractivity contribution is 6.45. The summed E-state index contributed by atoms with van der Waals surface area (Å²) in [6, 6.07) is 38.3. The van der Waals surface area contributed by atoms with Crippen LogP contribution in [0.4, 0.5) is 0 Å². The van der Waals surface area contributed by atoms with E-state index >= 15 is 14.4 Å². The summed E-state index contributed by atoms with van der Waals surface area (Å²) < 4.78 is 56.2. The Kier molecular flexibility index (Phi) is 26.3. The van der Waals surface area contributed by atoms with E-state index in [-0.39, 0.29) is 39.6 Å². The van der Waals surface area contributed by atoms with Crippen molar-refractivity contribution in [3.05, 3.63) is 144 Å². The molecule has 0 aliphatic rings. The van der Waals surface area contributed by atoms with Crippen molar-refractivity contribution in [3.63, 3.8) is 0 Å². The second-order valence-corrected chi connectivity index (χ2v) is 21.5. The lowest BCUT2D eigenvalue weighted by atomic mass is 9.93. The van der Waals surface area contributed by atoms with Crippen LogP contribution in [0.2, 0.25) is 0 Å². The summed E-state index contributed by atoms with van der Waals surface area (Å²) in [6.07, 6.45) is 4.71. The molecule has 0 amide bonds. The molecule has 0 aliphatic carbocycles. The molecule has 0 bridgehead atoms. The Morgan fingerprint density at radius 2 is 0.537 bits per heavy atom. The van der Waals surface area contributed by atoms with Crippen LogP contribution < -0.4 is 0 Å². The van der Waals surface area contributed by atoms with Crippen molar-refractivity contribution >= 4 is 82.7 Å². The van der Waals surface area contributed by atoms with E-state index in [1.165, 1.54) is 0 Å². The number of Topliss-reactive ketones (excluding diaryl/α,β-unsaturated/α-hetero) is 3. The van der Waals surface area contributed by atoms with Gasteiger partial charge in [0.1, 0.15) is 19.3 Å². The number of benzene rings is 6. The van der Waals surface area contributed by atoms with Crippen molar-refractivity contribution < 1.29 is 68.6 Å². The van der Waals surface area contributed by atoms with Gasteiger partial charge in [-0.25, -0.2) is 0 Å². The molecule has 0 heterocycles. The maximum Gasteiger partial charge on any atom is 1.20 e. The van der Waals surface area contributed by atoms with E-state index in [2.05, 4.69) is 0 Å². The number of carbonyl (C=O) groups excluding carboxylic acids is 6. The summed E-state index contributed by atoms with van der Waals surface area (Å²) in [6.45, 7) is 12.4. The average Bonchev–Trinajstić information content (AvgIpc) is 3.66. The molecule has 16 heteroatoms. The van der Waals surface area contributed by atoms with Gasteiger partial charge in [0.15, 0.2) is 0 Å². The van der Waals surface area contributed by atoms with Gasteiger partial charge < -0.3 is 39.8 Å². The third-order valence-electron chi connectivity index (χ3n) is 14.0. The maximum atomic E-state index is 15.0. The Bertz CT molecular complexity index is 2680. The first kappa shape index (κ1) is 65.0. The second-order valence-electron chi connectivity index (χ2n) is 20.2. The molecule has 438 valence electrons. The third kappa shape index (κ3) is 16.8. The topological polar surface area (TPSA) is 185 Å². The Hall–Kier alpha value is -6.19. The van der Waals surface area contributed by atoms with Gasteiger partial charge in [-0.3, -0.25) is 28.8 Å². The Morgan fingerprint density at radius 1 is 0.317 bits per heavy atom. The van der Waals surface area contributed by atoms with Crippen LogP contribution in [0.5, 0.6) is 0 Å². The number of unbranched alkanes of at least 4 members (excludes halogenated alkanes) is 6. The molecular formula is C66H81AlO15. The number of hydrogen-bond acceptors (Lipinski definition) is 15.